The van der Waals surface area contributed by atoms with Gasteiger partial charge in [-0.1, -0.05) is 90.4 Å². The third-order valence-corrected chi connectivity index (χ3v) is 6.67. The second-order valence-electron chi connectivity index (χ2n) is 7.55. The molecule has 0 spiro atoms. The highest BCUT2D eigenvalue weighted by Gasteiger charge is 2.31. The maximum Gasteiger partial charge on any atom is -0.0129 e. The van der Waals surface area contributed by atoms with Crippen molar-refractivity contribution in [2.24, 2.45) is 17.8 Å². The number of hydrogen-bond acceptors (Lipinski definition) is 0. The summed E-state index contributed by atoms with van der Waals surface area (Å²) in [6, 6.07) is 20.3. The molecular weight excluding hydrogens is 295 g/mol. The van der Waals surface area contributed by atoms with Gasteiger partial charge in [-0.25, -0.2) is 0 Å². The van der Waals surface area contributed by atoms with Gasteiger partial charge >= 0.3 is 0 Å². The lowest BCUT2D eigenvalue weighted by molar-refractivity contribution is 0.197. The summed E-state index contributed by atoms with van der Waals surface area (Å²) in [5.74, 6) is 3.28. The minimum Gasteiger partial charge on any atom is -0.0625 e. The Kier molecular flexibility index (Phi) is 5.54. The van der Waals surface area contributed by atoms with E-state index in [1.165, 1.54) is 29.9 Å². The number of benzene rings is 2. The fourth-order valence-electron chi connectivity index (χ4n) is 4.09. The van der Waals surface area contributed by atoms with Crippen LogP contribution >= 0.6 is 8.58 Å². The van der Waals surface area contributed by atoms with Gasteiger partial charge in [0, 0.05) is 0 Å². The van der Waals surface area contributed by atoms with Crippen LogP contribution in [-0.4, -0.2) is 0 Å². The van der Waals surface area contributed by atoms with Gasteiger partial charge in [-0.3, -0.25) is 0 Å². The zero-order valence-corrected chi connectivity index (χ0v) is 15.6. The van der Waals surface area contributed by atoms with E-state index in [4.69, 9.17) is 0 Å². The third kappa shape index (κ3) is 4.24. The molecule has 2 aromatic carbocycles. The van der Waals surface area contributed by atoms with E-state index in [0.717, 1.165) is 32.3 Å². The molecule has 1 saturated carbocycles. The minimum absolute atomic E-state index is 0.757. The first-order valence-corrected chi connectivity index (χ1v) is 10.1. The van der Waals surface area contributed by atoms with E-state index in [1.54, 1.807) is 5.56 Å². The first kappa shape index (κ1) is 16.7. The van der Waals surface area contributed by atoms with Gasteiger partial charge in [-0.05, 0) is 52.7 Å². The summed E-state index contributed by atoms with van der Waals surface area (Å²) in [7, 11) is 0.766. The van der Waals surface area contributed by atoms with Gasteiger partial charge in [-0.15, -0.1) is 0 Å². The maximum atomic E-state index is 2.43. The topological polar surface area (TPSA) is 0 Å². The summed E-state index contributed by atoms with van der Waals surface area (Å²) in [6.45, 7) is 7.23. The average molecular weight is 324 g/mol. The van der Waals surface area contributed by atoms with Crippen LogP contribution in [0, 0.1) is 17.8 Å². The fourth-order valence-corrected chi connectivity index (χ4v) is 5.11. The SMILES string of the molecule is CC1CCC(C(C)C)C(c2ccc(Pc3ccccc3)cc2)C1. The van der Waals surface area contributed by atoms with Crippen molar-refractivity contribution in [2.75, 3.05) is 0 Å². The van der Waals surface area contributed by atoms with E-state index in [0.29, 0.717) is 0 Å². The first-order valence-electron chi connectivity index (χ1n) is 9.05. The van der Waals surface area contributed by atoms with E-state index in [1.807, 2.05) is 0 Å². The van der Waals surface area contributed by atoms with Crippen LogP contribution < -0.4 is 10.6 Å². The molecule has 0 amide bonds. The fraction of sp³-hybridized carbons (Fsp3) is 0.455. The standard InChI is InChI=1S/C22H29P/c1-16(2)21-14-9-17(3)15-22(21)18-10-12-20(13-11-18)23-19-7-5-4-6-8-19/h4-8,10-13,16-17,21-23H,9,14-15H2,1-3H3. The van der Waals surface area contributed by atoms with Gasteiger partial charge in [0.25, 0.3) is 0 Å². The largest absolute Gasteiger partial charge is 0.0625 e. The summed E-state index contributed by atoms with van der Waals surface area (Å²) >= 11 is 0. The van der Waals surface area contributed by atoms with Crippen LogP contribution in [0.1, 0.15) is 51.5 Å². The Balaban J connectivity index is 1.75. The second-order valence-corrected chi connectivity index (χ2v) is 8.95. The number of rotatable bonds is 4. The van der Waals surface area contributed by atoms with Crippen LogP contribution in [0.3, 0.4) is 0 Å². The van der Waals surface area contributed by atoms with Crippen molar-refractivity contribution in [3.05, 3.63) is 60.2 Å². The molecule has 0 N–H and O–H groups in total. The Morgan fingerprint density at radius 3 is 2.17 bits per heavy atom. The molecule has 0 aliphatic heterocycles. The predicted octanol–water partition coefficient (Wildman–Crippen LogP) is 5.49. The lowest BCUT2D eigenvalue weighted by Crippen LogP contribution is -2.26. The van der Waals surface area contributed by atoms with Crippen molar-refractivity contribution in [1.82, 2.24) is 0 Å². The molecule has 23 heavy (non-hydrogen) atoms. The summed E-state index contributed by atoms with van der Waals surface area (Å²) < 4.78 is 0. The summed E-state index contributed by atoms with van der Waals surface area (Å²) in [5, 5.41) is 2.87. The number of hydrogen-bond donors (Lipinski definition) is 0. The third-order valence-electron chi connectivity index (χ3n) is 5.42. The molecule has 0 heterocycles. The molecule has 1 fully saturated rings. The zero-order chi connectivity index (χ0) is 16.2. The molecule has 0 nitrogen and oxygen atoms in total. The quantitative estimate of drug-likeness (QED) is 0.652. The lowest BCUT2D eigenvalue weighted by atomic mass is 9.68. The van der Waals surface area contributed by atoms with Gasteiger partial charge in [0.05, 0.1) is 0 Å². The smallest absolute Gasteiger partial charge is 0.0129 e. The molecule has 4 atom stereocenters. The van der Waals surface area contributed by atoms with Crippen molar-refractivity contribution >= 4 is 19.2 Å². The summed E-state index contributed by atoms with van der Waals surface area (Å²) in [6.07, 6.45) is 4.17. The molecule has 0 saturated heterocycles. The van der Waals surface area contributed by atoms with Crippen LogP contribution in [0.5, 0.6) is 0 Å². The van der Waals surface area contributed by atoms with Crippen LogP contribution in [0.4, 0.5) is 0 Å². The molecule has 3 rings (SSSR count). The van der Waals surface area contributed by atoms with Gasteiger partial charge in [0.15, 0.2) is 0 Å². The van der Waals surface area contributed by atoms with E-state index < -0.39 is 0 Å². The average Bonchev–Trinajstić information content (AvgIpc) is 2.56. The predicted molar refractivity (Wildman–Crippen MR) is 105 cm³/mol. The van der Waals surface area contributed by atoms with Crippen molar-refractivity contribution in [1.29, 1.82) is 0 Å². The van der Waals surface area contributed by atoms with E-state index in [2.05, 4.69) is 75.4 Å². The molecule has 0 aromatic heterocycles. The molecule has 122 valence electrons. The van der Waals surface area contributed by atoms with E-state index in [-0.39, 0.29) is 0 Å². The van der Waals surface area contributed by atoms with Crippen LogP contribution in [-0.2, 0) is 0 Å². The monoisotopic (exact) mass is 324 g/mol. The molecule has 4 unspecified atom stereocenters. The Morgan fingerprint density at radius 2 is 1.52 bits per heavy atom. The van der Waals surface area contributed by atoms with Crippen molar-refractivity contribution < 1.29 is 0 Å². The van der Waals surface area contributed by atoms with E-state index >= 15 is 0 Å². The molecule has 1 heteroatoms. The molecule has 0 bridgehead atoms. The van der Waals surface area contributed by atoms with Gasteiger partial charge in [-0.2, -0.15) is 0 Å². The Bertz CT molecular complexity index is 600. The molecule has 0 radical (unpaired) electrons. The highest BCUT2D eigenvalue weighted by Crippen LogP contribution is 2.43. The minimum atomic E-state index is 0.757. The van der Waals surface area contributed by atoms with Crippen LogP contribution in [0.25, 0.3) is 0 Å². The summed E-state index contributed by atoms with van der Waals surface area (Å²) in [4.78, 5) is 0. The van der Waals surface area contributed by atoms with Crippen molar-refractivity contribution in [2.45, 2.75) is 46.0 Å². The van der Waals surface area contributed by atoms with Crippen molar-refractivity contribution in [3.8, 4) is 0 Å². The van der Waals surface area contributed by atoms with Gasteiger partial charge < -0.3 is 0 Å². The Labute approximate surface area is 143 Å². The highest BCUT2D eigenvalue weighted by molar-refractivity contribution is 7.55. The molecule has 2 aromatic rings. The van der Waals surface area contributed by atoms with Crippen molar-refractivity contribution in [3.63, 3.8) is 0 Å². The van der Waals surface area contributed by atoms with Gasteiger partial charge in [0.1, 0.15) is 0 Å². The molecular formula is C22H29P. The molecule has 1 aliphatic carbocycles. The lowest BCUT2D eigenvalue weighted by Gasteiger charge is -2.37. The van der Waals surface area contributed by atoms with Crippen LogP contribution in [0.2, 0.25) is 0 Å². The summed E-state index contributed by atoms with van der Waals surface area (Å²) in [5.41, 5.74) is 1.57. The Morgan fingerprint density at radius 1 is 0.870 bits per heavy atom. The normalized spacial score (nSPS) is 25.3. The molecule has 1 aliphatic rings. The Hall–Kier alpha value is -1.13. The van der Waals surface area contributed by atoms with Crippen LogP contribution in [0.15, 0.2) is 54.6 Å². The van der Waals surface area contributed by atoms with E-state index in [9.17, 15) is 0 Å². The zero-order valence-electron chi connectivity index (χ0n) is 14.6. The highest BCUT2D eigenvalue weighted by atomic mass is 31.1. The first-order chi connectivity index (χ1) is 11.1. The second kappa shape index (κ2) is 7.63. The maximum absolute atomic E-state index is 2.43. The van der Waals surface area contributed by atoms with Gasteiger partial charge in [0.2, 0.25) is 0 Å².